The molecule has 1 fully saturated rings. The Morgan fingerprint density at radius 2 is 2.07 bits per heavy atom. The molecule has 1 aliphatic rings. The molecule has 82 valence electrons. The summed E-state index contributed by atoms with van der Waals surface area (Å²) in [6.45, 7) is 3.29. The average molecular weight is 199 g/mol. The minimum atomic E-state index is -0.0785. The van der Waals surface area contributed by atoms with E-state index >= 15 is 0 Å². The van der Waals surface area contributed by atoms with Crippen molar-refractivity contribution in [2.75, 3.05) is 13.1 Å². The molecule has 0 heterocycles. The van der Waals surface area contributed by atoms with Crippen LogP contribution in [-0.2, 0) is 0 Å². The lowest BCUT2D eigenvalue weighted by Gasteiger charge is -2.28. The number of nitrogens with two attached hydrogens (primary N) is 1. The first-order chi connectivity index (χ1) is 6.74. The van der Waals surface area contributed by atoms with E-state index in [1.54, 1.807) is 0 Å². The first-order valence-electron chi connectivity index (χ1n) is 5.51. The van der Waals surface area contributed by atoms with Gasteiger partial charge in [-0.2, -0.15) is 0 Å². The van der Waals surface area contributed by atoms with Gasteiger partial charge in [-0.25, -0.2) is 4.79 Å². The molecular weight excluding hydrogens is 178 g/mol. The molecule has 0 aromatic rings. The zero-order chi connectivity index (χ0) is 10.4. The lowest BCUT2D eigenvalue weighted by molar-refractivity contribution is 0.234. The Bertz CT molecular complexity index is 184. The largest absolute Gasteiger partial charge is 0.338 e. The minimum absolute atomic E-state index is 0.0785. The average Bonchev–Trinajstić information content (AvgIpc) is 2.17. The van der Waals surface area contributed by atoms with Gasteiger partial charge in [-0.1, -0.05) is 12.8 Å². The van der Waals surface area contributed by atoms with Crippen molar-refractivity contribution in [1.82, 2.24) is 10.6 Å². The van der Waals surface area contributed by atoms with Crippen LogP contribution < -0.4 is 16.4 Å². The molecule has 1 saturated carbocycles. The monoisotopic (exact) mass is 199 g/mol. The van der Waals surface area contributed by atoms with E-state index in [0.717, 1.165) is 12.8 Å². The summed E-state index contributed by atoms with van der Waals surface area (Å²) < 4.78 is 0. The molecule has 0 spiro atoms. The summed E-state index contributed by atoms with van der Waals surface area (Å²) >= 11 is 0. The van der Waals surface area contributed by atoms with E-state index in [9.17, 15) is 4.79 Å². The first-order valence-corrected chi connectivity index (χ1v) is 5.51. The Morgan fingerprint density at radius 3 is 2.71 bits per heavy atom. The van der Waals surface area contributed by atoms with Gasteiger partial charge in [0.15, 0.2) is 0 Å². The Labute approximate surface area is 85.6 Å². The SMILES string of the molecule is CCNC(=O)NCC1CCCCC1N. The molecule has 2 amide bonds. The minimum Gasteiger partial charge on any atom is -0.338 e. The van der Waals surface area contributed by atoms with Crippen molar-refractivity contribution in [3.8, 4) is 0 Å². The Hall–Kier alpha value is -0.770. The van der Waals surface area contributed by atoms with Crippen LogP contribution in [0.2, 0.25) is 0 Å². The Balaban J connectivity index is 2.19. The smallest absolute Gasteiger partial charge is 0.314 e. The Morgan fingerprint density at radius 1 is 1.36 bits per heavy atom. The lowest BCUT2D eigenvalue weighted by Crippen LogP contribution is -2.44. The van der Waals surface area contributed by atoms with Gasteiger partial charge in [0.1, 0.15) is 0 Å². The van der Waals surface area contributed by atoms with Crippen LogP contribution in [0.25, 0.3) is 0 Å². The van der Waals surface area contributed by atoms with Crippen LogP contribution in [0.1, 0.15) is 32.6 Å². The zero-order valence-electron chi connectivity index (χ0n) is 8.88. The maximum atomic E-state index is 11.1. The third kappa shape index (κ3) is 3.54. The predicted molar refractivity (Wildman–Crippen MR) is 57.0 cm³/mol. The molecule has 0 saturated heterocycles. The molecule has 1 aliphatic carbocycles. The molecule has 4 nitrogen and oxygen atoms in total. The molecule has 0 aromatic heterocycles. The van der Waals surface area contributed by atoms with E-state index in [1.165, 1.54) is 12.8 Å². The Kier molecular flexibility index (Phi) is 4.73. The third-order valence-electron chi connectivity index (χ3n) is 2.83. The molecule has 14 heavy (non-hydrogen) atoms. The highest BCUT2D eigenvalue weighted by molar-refractivity contribution is 5.73. The van der Waals surface area contributed by atoms with Crippen LogP contribution in [0.3, 0.4) is 0 Å². The van der Waals surface area contributed by atoms with Crippen molar-refractivity contribution >= 4 is 6.03 Å². The van der Waals surface area contributed by atoms with Crippen LogP contribution in [-0.4, -0.2) is 25.2 Å². The number of rotatable bonds is 3. The van der Waals surface area contributed by atoms with Gasteiger partial charge in [0.2, 0.25) is 0 Å². The van der Waals surface area contributed by atoms with Crippen LogP contribution >= 0.6 is 0 Å². The molecular formula is C10H21N3O. The fraction of sp³-hybridized carbons (Fsp3) is 0.900. The number of urea groups is 1. The normalized spacial score (nSPS) is 27.0. The molecule has 0 radical (unpaired) electrons. The molecule has 0 bridgehead atoms. The van der Waals surface area contributed by atoms with Gasteiger partial charge < -0.3 is 16.4 Å². The first kappa shape index (κ1) is 11.3. The zero-order valence-corrected chi connectivity index (χ0v) is 8.88. The number of amides is 2. The van der Waals surface area contributed by atoms with E-state index in [0.29, 0.717) is 19.0 Å². The van der Waals surface area contributed by atoms with Gasteiger partial charge in [0, 0.05) is 19.1 Å². The van der Waals surface area contributed by atoms with E-state index in [-0.39, 0.29) is 12.1 Å². The summed E-state index contributed by atoms with van der Waals surface area (Å²) in [4.78, 5) is 11.1. The van der Waals surface area contributed by atoms with E-state index in [1.807, 2.05) is 6.92 Å². The van der Waals surface area contributed by atoms with Gasteiger partial charge in [-0.15, -0.1) is 0 Å². The summed E-state index contributed by atoms with van der Waals surface area (Å²) in [5.41, 5.74) is 5.97. The summed E-state index contributed by atoms with van der Waals surface area (Å²) in [6, 6.07) is 0.191. The highest BCUT2D eigenvalue weighted by Gasteiger charge is 2.21. The van der Waals surface area contributed by atoms with Crippen LogP contribution in [0.5, 0.6) is 0 Å². The number of hydrogen-bond donors (Lipinski definition) is 3. The van der Waals surface area contributed by atoms with E-state index in [2.05, 4.69) is 10.6 Å². The standard InChI is InChI=1S/C10H21N3O/c1-2-12-10(14)13-7-8-5-3-4-6-9(8)11/h8-9H,2-7,11H2,1H3,(H2,12,13,14). The van der Waals surface area contributed by atoms with Gasteiger partial charge in [0.25, 0.3) is 0 Å². The van der Waals surface area contributed by atoms with Crippen LogP contribution in [0, 0.1) is 5.92 Å². The van der Waals surface area contributed by atoms with Crippen molar-refractivity contribution in [1.29, 1.82) is 0 Å². The van der Waals surface area contributed by atoms with Crippen molar-refractivity contribution < 1.29 is 4.79 Å². The molecule has 2 atom stereocenters. The quantitative estimate of drug-likeness (QED) is 0.630. The summed E-state index contributed by atoms with van der Waals surface area (Å²) in [5, 5.41) is 5.56. The summed E-state index contributed by atoms with van der Waals surface area (Å²) in [6.07, 6.45) is 4.73. The summed E-state index contributed by atoms with van der Waals surface area (Å²) in [5.74, 6) is 0.464. The molecule has 1 rings (SSSR count). The van der Waals surface area contributed by atoms with Crippen molar-refractivity contribution in [3.63, 3.8) is 0 Å². The molecule has 2 unspecified atom stereocenters. The van der Waals surface area contributed by atoms with E-state index < -0.39 is 0 Å². The third-order valence-corrected chi connectivity index (χ3v) is 2.83. The van der Waals surface area contributed by atoms with Gasteiger partial charge >= 0.3 is 6.03 Å². The highest BCUT2D eigenvalue weighted by Crippen LogP contribution is 2.21. The maximum absolute atomic E-state index is 11.1. The van der Waals surface area contributed by atoms with Crippen molar-refractivity contribution in [2.24, 2.45) is 11.7 Å². The van der Waals surface area contributed by atoms with Crippen LogP contribution in [0.4, 0.5) is 4.79 Å². The maximum Gasteiger partial charge on any atom is 0.314 e. The summed E-state index contributed by atoms with van der Waals surface area (Å²) in [7, 11) is 0. The van der Waals surface area contributed by atoms with Crippen molar-refractivity contribution in [3.05, 3.63) is 0 Å². The van der Waals surface area contributed by atoms with Crippen LogP contribution in [0.15, 0.2) is 0 Å². The fourth-order valence-corrected chi connectivity index (χ4v) is 1.94. The van der Waals surface area contributed by atoms with Gasteiger partial charge in [-0.3, -0.25) is 0 Å². The lowest BCUT2D eigenvalue weighted by atomic mass is 9.85. The highest BCUT2D eigenvalue weighted by atomic mass is 16.2. The number of nitrogens with one attached hydrogen (secondary N) is 2. The second kappa shape index (κ2) is 5.86. The van der Waals surface area contributed by atoms with Gasteiger partial charge in [-0.05, 0) is 25.7 Å². The van der Waals surface area contributed by atoms with Crippen molar-refractivity contribution in [2.45, 2.75) is 38.6 Å². The predicted octanol–water partition coefficient (Wildman–Crippen LogP) is 0.823. The topological polar surface area (TPSA) is 67.2 Å². The number of carbonyl (C=O) groups is 1. The molecule has 0 aromatic carbocycles. The number of carbonyl (C=O) groups excluding carboxylic acids is 1. The second-order valence-electron chi connectivity index (χ2n) is 3.95. The number of hydrogen-bond acceptors (Lipinski definition) is 2. The second-order valence-corrected chi connectivity index (χ2v) is 3.95. The molecule has 4 heteroatoms. The van der Waals surface area contributed by atoms with Gasteiger partial charge in [0.05, 0.1) is 0 Å². The fourth-order valence-electron chi connectivity index (χ4n) is 1.94. The molecule has 4 N–H and O–H groups in total. The van der Waals surface area contributed by atoms with E-state index in [4.69, 9.17) is 5.73 Å². The molecule has 0 aliphatic heterocycles.